The topological polar surface area (TPSA) is 66.6 Å². The Labute approximate surface area is 107 Å². The van der Waals surface area contributed by atoms with Crippen LogP contribution in [0.25, 0.3) is 0 Å². The fourth-order valence-corrected chi connectivity index (χ4v) is 2.32. The van der Waals surface area contributed by atoms with Crippen molar-refractivity contribution in [3.05, 3.63) is 29.3 Å². The fraction of sp³-hybridized carbons (Fsp3) is 0.500. The number of anilines is 1. The zero-order valence-electron chi connectivity index (χ0n) is 10.7. The van der Waals surface area contributed by atoms with Gasteiger partial charge in [-0.25, -0.2) is 0 Å². The fourth-order valence-electron chi connectivity index (χ4n) is 2.32. The van der Waals surface area contributed by atoms with Crippen LogP contribution in [-0.4, -0.2) is 24.1 Å². The first kappa shape index (κ1) is 13.1. The molecule has 1 amide bonds. The number of carbonyl (C=O) groups excluding carboxylic acids is 1. The van der Waals surface area contributed by atoms with Crippen molar-refractivity contribution in [2.45, 2.75) is 32.3 Å². The Morgan fingerprint density at radius 2 is 2.22 bits per heavy atom. The number of aliphatic hydroxyl groups excluding tert-OH is 1. The van der Waals surface area contributed by atoms with E-state index in [4.69, 9.17) is 5.73 Å². The molecule has 0 spiro atoms. The average molecular weight is 248 g/mol. The quantitative estimate of drug-likeness (QED) is 0.773. The number of carbonyl (C=O) groups is 1. The summed E-state index contributed by atoms with van der Waals surface area (Å²) in [5.41, 5.74) is 8.34. The van der Waals surface area contributed by atoms with Crippen molar-refractivity contribution in [1.82, 2.24) is 0 Å². The molecule has 18 heavy (non-hydrogen) atoms. The Morgan fingerprint density at radius 3 is 2.89 bits per heavy atom. The molecular weight excluding hydrogens is 228 g/mol. The van der Waals surface area contributed by atoms with Crippen LogP contribution >= 0.6 is 0 Å². The van der Waals surface area contributed by atoms with E-state index in [-0.39, 0.29) is 5.91 Å². The molecule has 1 aromatic rings. The van der Waals surface area contributed by atoms with E-state index in [9.17, 15) is 9.90 Å². The van der Waals surface area contributed by atoms with Crippen LogP contribution < -0.4 is 10.6 Å². The molecule has 0 saturated carbocycles. The van der Waals surface area contributed by atoms with Crippen molar-refractivity contribution < 1.29 is 9.90 Å². The third-order valence-electron chi connectivity index (χ3n) is 3.36. The number of hydrogen-bond donors (Lipinski definition) is 2. The Bertz CT molecular complexity index is 443. The van der Waals surface area contributed by atoms with Crippen molar-refractivity contribution in [1.29, 1.82) is 0 Å². The lowest BCUT2D eigenvalue weighted by Gasteiger charge is -2.17. The number of nitrogens with two attached hydrogens (primary N) is 1. The number of fused-ring (bicyclic) bond motifs is 1. The van der Waals surface area contributed by atoms with Gasteiger partial charge in [0.25, 0.3) is 0 Å². The predicted octanol–water partition coefficient (Wildman–Crippen LogP) is 1.37. The van der Waals surface area contributed by atoms with Crippen molar-refractivity contribution in [2.75, 3.05) is 18.0 Å². The highest BCUT2D eigenvalue weighted by atomic mass is 16.3. The standard InChI is InChI=1S/C14H20N2O2/c1-10(17)11-4-5-13-12(8-11)9-14(18)16(13)7-3-2-6-15/h4-5,8,10,17H,2-3,6-7,9,15H2,1H3. The molecule has 1 atom stereocenters. The first-order chi connectivity index (χ1) is 8.63. The maximum Gasteiger partial charge on any atom is 0.231 e. The molecule has 1 unspecified atom stereocenters. The van der Waals surface area contributed by atoms with Crippen molar-refractivity contribution >= 4 is 11.6 Å². The summed E-state index contributed by atoms with van der Waals surface area (Å²) in [4.78, 5) is 13.8. The Kier molecular flexibility index (Phi) is 3.99. The van der Waals surface area contributed by atoms with Crippen LogP contribution in [0, 0.1) is 0 Å². The molecule has 1 aliphatic rings. The van der Waals surface area contributed by atoms with Gasteiger partial charge in [0.05, 0.1) is 12.5 Å². The van der Waals surface area contributed by atoms with E-state index in [2.05, 4.69) is 0 Å². The van der Waals surface area contributed by atoms with E-state index in [0.29, 0.717) is 13.0 Å². The maximum absolute atomic E-state index is 11.9. The average Bonchev–Trinajstić information content (AvgIpc) is 2.65. The Morgan fingerprint density at radius 1 is 1.44 bits per heavy atom. The van der Waals surface area contributed by atoms with Gasteiger partial charge in [-0.2, -0.15) is 0 Å². The van der Waals surface area contributed by atoms with Gasteiger partial charge in [0.1, 0.15) is 0 Å². The van der Waals surface area contributed by atoms with Crippen LogP contribution in [0.3, 0.4) is 0 Å². The lowest BCUT2D eigenvalue weighted by Crippen LogP contribution is -2.28. The van der Waals surface area contributed by atoms with Crippen LogP contribution in [0.2, 0.25) is 0 Å². The van der Waals surface area contributed by atoms with Gasteiger partial charge in [-0.15, -0.1) is 0 Å². The van der Waals surface area contributed by atoms with E-state index in [1.165, 1.54) is 0 Å². The number of amides is 1. The van der Waals surface area contributed by atoms with E-state index >= 15 is 0 Å². The third-order valence-corrected chi connectivity index (χ3v) is 3.36. The molecule has 0 aromatic heterocycles. The van der Waals surface area contributed by atoms with Gasteiger partial charge in [0.15, 0.2) is 0 Å². The van der Waals surface area contributed by atoms with Crippen molar-refractivity contribution in [2.24, 2.45) is 5.73 Å². The molecule has 0 bridgehead atoms. The van der Waals surface area contributed by atoms with Gasteiger partial charge in [-0.3, -0.25) is 4.79 Å². The zero-order chi connectivity index (χ0) is 13.1. The van der Waals surface area contributed by atoms with Gasteiger partial charge >= 0.3 is 0 Å². The van der Waals surface area contributed by atoms with Gasteiger partial charge in [0, 0.05) is 12.2 Å². The molecule has 1 aromatic carbocycles. The molecule has 3 N–H and O–H groups in total. The molecule has 0 aliphatic carbocycles. The first-order valence-corrected chi connectivity index (χ1v) is 6.45. The lowest BCUT2D eigenvalue weighted by molar-refractivity contribution is -0.117. The molecule has 98 valence electrons. The first-order valence-electron chi connectivity index (χ1n) is 6.45. The smallest absolute Gasteiger partial charge is 0.231 e. The molecule has 0 fully saturated rings. The van der Waals surface area contributed by atoms with Gasteiger partial charge in [-0.05, 0) is 43.5 Å². The summed E-state index contributed by atoms with van der Waals surface area (Å²) in [7, 11) is 0. The summed E-state index contributed by atoms with van der Waals surface area (Å²) in [5.74, 6) is 0.143. The summed E-state index contributed by atoms with van der Waals surface area (Å²) in [6.07, 6.45) is 1.82. The molecule has 0 saturated heterocycles. The van der Waals surface area contributed by atoms with Gasteiger partial charge < -0.3 is 15.7 Å². The molecule has 1 aliphatic heterocycles. The summed E-state index contributed by atoms with van der Waals surface area (Å²) in [6.45, 7) is 3.13. The minimum Gasteiger partial charge on any atom is -0.389 e. The Hall–Kier alpha value is -1.39. The highest BCUT2D eigenvalue weighted by Gasteiger charge is 2.26. The highest BCUT2D eigenvalue weighted by Crippen LogP contribution is 2.31. The number of hydrogen-bond acceptors (Lipinski definition) is 3. The summed E-state index contributed by atoms with van der Waals surface area (Å²) in [6, 6.07) is 5.75. The van der Waals surface area contributed by atoms with Crippen LogP contribution in [0.4, 0.5) is 5.69 Å². The third kappa shape index (κ3) is 2.54. The maximum atomic E-state index is 11.9. The van der Waals surface area contributed by atoms with Crippen LogP contribution in [0.15, 0.2) is 18.2 Å². The number of rotatable bonds is 5. The monoisotopic (exact) mass is 248 g/mol. The molecule has 0 radical (unpaired) electrons. The zero-order valence-corrected chi connectivity index (χ0v) is 10.7. The second-order valence-corrected chi connectivity index (χ2v) is 4.78. The molecular formula is C14H20N2O2. The minimum atomic E-state index is -0.489. The number of nitrogens with zero attached hydrogens (tertiary/aromatic N) is 1. The highest BCUT2D eigenvalue weighted by molar-refractivity contribution is 6.01. The van der Waals surface area contributed by atoms with E-state index < -0.39 is 6.10 Å². The summed E-state index contributed by atoms with van der Waals surface area (Å²) < 4.78 is 0. The lowest BCUT2D eigenvalue weighted by atomic mass is 10.1. The van der Waals surface area contributed by atoms with Crippen molar-refractivity contribution in [3.63, 3.8) is 0 Å². The van der Waals surface area contributed by atoms with E-state index in [1.807, 2.05) is 23.1 Å². The van der Waals surface area contributed by atoms with Crippen LogP contribution in [-0.2, 0) is 11.2 Å². The SMILES string of the molecule is CC(O)c1ccc2c(c1)CC(=O)N2CCCCN. The Balaban J connectivity index is 2.16. The molecule has 2 rings (SSSR count). The predicted molar refractivity (Wildman–Crippen MR) is 71.4 cm³/mol. The second-order valence-electron chi connectivity index (χ2n) is 4.78. The molecule has 4 nitrogen and oxygen atoms in total. The van der Waals surface area contributed by atoms with Crippen LogP contribution in [0.1, 0.15) is 37.0 Å². The molecule has 1 heterocycles. The van der Waals surface area contributed by atoms with E-state index in [1.54, 1.807) is 6.92 Å². The number of unbranched alkanes of at least 4 members (excludes halogenated alkanes) is 1. The normalized spacial score (nSPS) is 15.9. The minimum absolute atomic E-state index is 0.143. The molecule has 4 heteroatoms. The second kappa shape index (κ2) is 5.50. The summed E-state index contributed by atoms with van der Waals surface area (Å²) >= 11 is 0. The number of aliphatic hydroxyl groups is 1. The largest absolute Gasteiger partial charge is 0.389 e. The van der Waals surface area contributed by atoms with Gasteiger partial charge in [-0.1, -0.05) is 12.1 Å². The van der Waals surface area contributed by atoms with Crippen molar-refractivity contribution in [3.8, 4) is 0 Å². The van der Waals surface area contributed by atoms with E-state index in [0.717, 1.165) is 36.2 Å². The van der Waals surface area contributed by atoms with Gasteiger partial charge in [0.2, 0.25) is 5.91 Å². The summed E-state index contributed by atoms with van der Waals surface area (Å²) in [5, 5.41) is 9.55. The van der Waals surface area contributed by atoms with Crippen LogP contribution in [0.5, 0.6) is 0 Å². The number of benzene rings is 1.